The van der Waals surface area contributed by atoms with Crippen LogP contribution < -0.4 is 0 Å². The summed E-state index contributed by atoms with van der Waals surface area (Å²) in [6.45, 7) is 4.19. The van der Waals surface area contributed by atoms with Crippen molar-refractivity contribution in [2.45, 2.75) is 13.8 Å². The van der Waals surface area contributed by atoms with Gasteiger partial charge >= 0.3 is 0 Å². The fourth-order valence-electron chi connectivity index (χ4n) is 0.879. The molecule has 0 spiro atoms. The van der Waals surface area contributed by atoms with Crippen LogP contribution in [0.25, 0.3) is 5.57 Å². The molecule has 0 aromatic heterocycles. The molecule has 0 N–H and O–H groups in total. The summed E-state index contributed by atoms with van der Waals surface area (Å²) in [6.07, 6.45) is 2.13. The fraction of sp³-hybridized carbons (Fsp3) is 0.200. The van der Waals surface area contributed by atoms with Gasteiger partial charge in [-0.25, -0.2) is 0 Å². The van der Waals surface area contributed by atoms with Gasteiger partial charge in [-0.3, -0.25) is 0 Å². The van der Waals surface area contributed by atoms with Gasteiger partial charge in [0.1, 0.15) is 0 Å². The molecule has 0 bridgehead atoms. The van der Waals surface area contributed by atoms with E-state index >= 15 is 0 Å². The highest BCUT2D eigenvalue weighted by atomic mass is 127. The Hall–Kier alpha value is -0.310. The summed E-state index contributed by atoms with van der Waals surface area (Å²) < 4.78 is 1.29. The lowest BCUT2D eigenvalue weighted by atomic mass is 10.1. The summed E-state index contributed by atoms with van der Waals surface area (Å²) >= 11 is 2.31. The molecule has 0 saturated carbocycles. The summed E-state index contributed by atoms with van der Waals surface area (Å²) in [6, 6.07) is 8.56. The molecule has 0 atom stereocenters. The van der Waals surface area contributed by atoms with E-state index in [2.05, 4.69) is 66.8 Å². The van der Waals surface area contributed by atoms with E-state index in [4.69, 9.17) is 0 Å². The lowest BCUT2D eigenvalue weighted by Gasteiger charge is -1.99. The van der Waals surface area contributed by atoms with Crippen LogP contribution in [-0.2, 0) is 0 Å². The zero-order valence-electron chi connectivity index (χ0n) is 6.76. The van der Waals surface area contributed by atoms with Crippen LogP contribution in [0.2, 0.25) is 0 Å². The maximum absolute atomic E-state index is 2.31. The smallest absolute Gasteiger partial charge is 0.0130 e. The largest absolute Gasteiger partial charge is 0.0841 e. The third-order valence-electron chi connectivity index (χ3n) is 1.73. The number of allylic oxidation sites excluding steroid dienone is 2. The molecule has 0 aliphatic rings. The van der Waals surface area contributed by atoms with E-state index in [9.17, 15) is 0 Å². The Balaban J connectivity index is 2.99. The Kier molecular flexibility index (Phi) is 3.12. The van der Waals surface area contributed by atoms with Crippen molar-refractivity contribution in [3.05, 3.63) is 39.5 Å². The third-order valence-corrected chi connectivity index (χ3v) is 2.45. The highest BCUT2D eigenvalue weighted by molar-refractivity contribution is 14.1. The number of halogens is 1. The van der Waals surface area contributed by atoms with Gasteiger partial charge in [-0.15, -0.1) is 0 Å². The maximum atomic E-state index is 2.31. The summed E-state index contributed by atoms with van der Waals surface area (Å²) in [5.74, 6) is 0. The predicted molar refractivity (Wildman–Crippen MR) is 58.5 cm³/mol. The Morgan fingerprint density at radius 3 is 2.27 bits per heavy atom. The minimum Gasteiger partial charge on any atom is -0.0841 e. The SMILES string of the molecule is C/C=C(\C)c1ccc(I)cc1. The monoisotopic (exact) mass is 258 g/mol. The molecular weight excluding hydrogens is 247 g/mol. The first-order valence-corrected chi connectivity index (χ1v) is 4.71. The summed E-state index contributed by atoms with van der Waals surface area (Å²) in [7, 11) is 0. The molecule has 0 saturated heterocycles. The molecule has 0 nitrogen and oxygen atoms in total. The van der Waals surface area contributed by atoms with E-state index in [0.717, 1.165) is 0 Å². The topological polar surface area (TPSA) is 0 Å². The van der Waals surface area contributed by atoms with Gasteiger partial charge in [-0.05, 0) is 59.7 Å². The lowest BCUT2D eigenvalue weighted by molar-refractivity contribution is 1.52. The highest BCUT2D eigenvalue weighted by Gasteiger charge is 1.92. The van der Waals surface area contributed by atoms with Crippen molar-refractivity contribution in [1.29, 1.82) is 0 Å². The molecule has 1 heteroatoms. The van der Waals surface area contributed by atoms with Crippen molar-refractivity contribution >= 4 is 28.2 Å². The van der Waals surface area contributed by atoms with Gasteiger partial charge in [0.15, 0.2) is 0 Å². The molecule has 1 aromatic rings. The zero-order valence-corrected chi connectivity index (χ0v) is 8.92. The van der Waals surface area contributed by atoms with E-state index in [-0.39, 0.29) is 0 Å². The Morgan fingerprint density at radius 1 is 1.27 bits per heavy atom. The second-order valence-electron chi connectivity index (χ2n) is 2.48. The Bertz CT molecular complexity index is 257. The van der Waals surface area contributed by atoms with Crippen LogP contribution in [0.4, 0.5) is 0 Å². The highest BCUT2D eigenvalue weighted by Crippen LogP contribution is 2.14. The third kappa shape index (κ3) is 2.33. The average Bonchev–Trinajstić information content (AvgIpc) is 2.05. The van der Waals surface area contributed by atoms with Crippen LogP contribution in [0.1, 0.15) is 19.4 Å². The van der Waals surface area contributed by atoms with Crippen molar-refractivity contribution in [1.82, 2.24) is 0 Å². The van der Waals surface area contributed by atoms with Gasteiger partial charge in [0.25, 0.3) is 0 Å². The first-order valence-electron chi connectivity index (χ1n) is 3.63. The van der Waals surface area contributed by atoms with Crippen LogP contribution in [0.3, 0.4) is 0 Å². The van der Waals surface area contributed by atoms with Gasteiger partial charge in [-0.2, -0.15) is 0 Å². The summed E-state index contributed by atoms with van der Waals surface area (Å²) in [5.41, 5.74) is 2.65. The molecule has 0 fully saturated rings. The van der Waals surface area contributed by atoms with Gasteiger partial charge in [0.2, 0.25) is 0 Å². The molecule has 0 amide bonds. The van der Waals surface area contributed by atoms with Crippen LogP contribution in [0.15, 0.2) is 30.3 Å². The fourth-order valence-corrected chi connectivity index (χ4v) is 1.24. The van der Waals surface area contributed by atoms with Crippen LogP contribution in [0, 0.1) is 3.57 Å². The van der Waals surface area contributed by atoms with E-state index in [1.807, 2.05) is 0 Å². The van der Waals surface area contributed by atoms with Gasteiger partial charge < -0.3 is 0 Å². The Morgan fingerprint density at radius 2 is 1.82 bits per heavy atom. The van der Waals surface area contributed by atoms with Crippen molar-refractivity contribution in [2.75, 3.05) is 0 Å². The van der Waals surface area contributed by atoms with E-state index in [0.29, 0.717) is 0 Å². The minimum absolute atomic E-state index is 1.29. The molecular formula is C10H11I. The number of benzene rings is 1. The molecule has 1 rings (SSSR count). The molecule has 1 aromatic carbocycles. The lowest BCUT2D eigenvalue weighted by Crippen LogP contribution is -1.78. The van der Waals surface area contributed by atoms with Gasteiger partial charge in [-0.1, -0.05) is 18.2 Å². The van der Waals surface area contributed by atoms with Gasteiger partial charge in [0, 0.05) is 3.57 Å². The second-order valence-corrected chi connectivity index (χ2v) is 3.72. The van der Waals surface area contributed by atoms with E-state index in [1.165, 1.54) is 14.7 Å². The summed E-state index contributed by atoms with van der Waals surface area (Å²) in [5, 5.41) is 0. The quantitative estimate of drug-likeness (QED) is 0.673. The number of hydrogen-bond donors (Lipinski definition) is 0. The van der Waals surface area contributed by atoms with Crippen LogP contribution in [0.5, 0.6) is 0 Å². The summed E-state index contributed by atoms with van der Waals surface area (Å²) in [4.78, 5) is 0. The molecule has 0 heterocycles. The molecule has 11 heavy (non-hydrogen) atoms. The molecule has 0 aliphatic heterocycles. The van der Waals surface area contributed by atoms with E-state index < -0.39 is 0 Å². The zero-order chi connectivity index (χ0) is 8.27. The van der Waals surface area contributed by atoms with Crippen molar-refractivity contribution in [3.8, 4) is 0 Å². The standard InChI is InChI=1S/C10H11I/c1-3-8(2)9-4-6-10(11)7-5-9/h3-7H,1-2H3/b8-3+. The molecule has 0 aliphatic carbocycles. The maximum Gasteiger partial charge on any atom is 0.0130 e. The molecule has 0 unspecified atom stereocenters. The van der Waals surface area contributed by atoms with Gasteiger partial charge in [0.05, 0.1) is 0 Å². The average molecular weight is 258 g/mol. The van der Waals surface area contributed by atoms with Crippen molar-refractivity contribution < 1.29 is 0 Å². The minimum atomic E-state index is 1.29. The van der Waals surface area contributed by atoms with E-state index in [1.54, 1.807) is 0 Å². The molecule has 58 valence electrons. The normalized spacial score (nSPS) is 11.7. The van der Waals surface area contributed by atoms with Crippen LogP contribution >= 0.6 is 22.6 Å². The van der Waals surface area contributed by atoms with Crippen molar-refractivity contribution in [2.24, 2.45) is 0 Å². The number of hydrogen-bond acceptors (Lipinski definition) is 0. The number of rotatable bonds is 1. The van der Waals surface area contributed by atoms with Crippen LogP contribution in [-0.4, -0.2) is 0 Å². The second kappa shape index (κ2) is 3.90. The predicted octanol–water partition coefficient (Wildman–Crippen LogP) is 3.71. The first kappa shape index (κ1) is 8.78. The molecule has 0 radical (unpaired) electrons. The van der Waals surface area contributed by atoms with Crippen molar-refractivity contribution in [3.63, 3.8) is 0 Å². The Labute approximate surface area is 81.5 Å². The first-order chi connectivity index (χ1) is 5.24.